The number of rotatable bonds is 25. The third-order valence-corrected chi connectivity index (χ3v) is 8.39. The molecular weight excluding hydrogens is 648 g/mol. The number of primary amides is 1. The maximum Gasteiger partial charge on any atom is 0.243 e. The normalized spacial score (nSPS) is 14.1. The standard InChI is InChI=1S/C34H58N8O6S/c1-22(2)20-28(41-31(45)26(38-23(3)43)15-9-11-18-36)33(47)42-29(21-24-12-6-5-7-13-24)34(48)40-27(16-19-49-4)32(46)39-25(30(37)44)14-8-10-17-35/h5-7,12-13,22,25-29H,8-11,14-21,35-36H2,1-4H3,(H2,37,44)(H,38,43)(H,39,46)(H,40,48)(H,41,45)(H,42,47)/t25-,26-,27-,28-,29-/m0/s1. The minimum Gasteiger partial charge on any atom is -0.368 e. The summed E-state index contributed by atoms with van der Waals surface area (Å²) in [5.41, 5.74) is 17.5. The van der Waals surface area contributed by atoms with E-state index >= 15 is 0 Å². The Bertz CT molecular complexity index is 1190. The Kier molecular flexibility index (Phi) is 21.6. The molecule has 0 aromatic heterocycles. The highest BCUT2D eigenvalue weighted by Crippen LogP contribution is 2.11. The smallest absolute Gasteiger partial charge is 0.243 e. The van der Waals surface area contributed by atoms with Crippen LogP contribution in [0, 0.1) is 5.92 Å². The van der Waals surface area contributed by atoms with Gasteiger partial charge in [-0.25, -0.2) is 0 Å². The Morgan fingerprint density at radius 3 is 1.63 bits per heavy atom. The fourth-order valence-electron chi connectivity index (χ4n) is 5.14. The third-order valence-electron chi connectivity index (χ3n) is 7.75. The lowest BCUT2D eigenvalue weighted by molar-refractivity contribution is -0.135. The summed E-state index contributed by atoms with van der Waals surface area (Å²) in [5, 5.41) is 13.7. The lowest BCUT2D eigenvalue weighted by Gasteiger charge is -2.27. The van der Waals surface area contributed by atoms with E-state index in [4.69, 9.17) is 17.2 Å². The summed E-state index contributed by atoms with van der Waals surface area (Å²) in [5.74, 6) is -2.80. The van der Waals surface area contributed by atoms with Crippen molar-refractivity contribution in [1.82, 2.24) is 26.6 Å². The van der Waals surface area contributed by atoms with Crippen molar-refractivity contribution in [2.45, 2.75) is 109 Å². The van der Waals surface area contributed by atoms with E-state index in [1.165, 1.54) is 18.7 Å². The van der Waals surface area contributed by atoms with Gasteiger partial charge in [-0.3, -0.25) is 28.8 Å². The predicted octanol–water partition coefficient (Wildman–Crippen LogP) is 0.216. The van der Waals surface area contributed by atoms with Crippen LogP contribution in [-0.2, 0) is 35.2 Å². The highest BCUT2D eigenvalue weighted by molar-refractivity contribution is 7.98. The minimum atomic E-state index is -1.11. The molecule has 0 bridgehead atoms. The first-order valence-corrected chi connectivity index (χ1v) is 18.4. The van der Waals surface area contributed by atoms with E-state index < -0.39 is 59.7 Å². The topological polar surface area (TPSA) is 241 Å². The first-order valence-electron chi connectivity index (χ1n) is 17.0. The summed E-state index contributed by atoms with van der Waals surface area (Å²) in [6.07, 6.45) is 5.69. The maximum absolute atomic E-state index is 13.9. The molecule has 49 heavy (non-hydrogen) atoms. The van der Waals surface area contributed by atoms with Crippen molar-refractivity contribution in [2.24, 2.45) is 23.1 Å². The largest absolute Gasteiger partial charge is 0.368 e. The molecule has 1 aromatic rings. The van der Waals surface area contributed by atoms with Crippen molar-refractivity contribution in [3.8, 4) is 0 Å². The third kappa shape index (κ3) is 18.0. The molecule has 0 aliphatic carbocycles. The zero-order valence-electron chi connectivity index (χ0n) is 29.4. The number of thioether (sulfide) groups is 1. The molecule has 5 atom stereocenters. The second kappa shape index (κ2) is 24.4. The van der Waals surface area contributed by atoms with Crippen molar-refractivity contribution < 1.29 is 28.8 Å². The Morgan fingerprint density at radius 1 is 0.653 bits per heavy atom. The number of nitrogens with one attached hydrogen (secondary N) is 5. The number of unbranched alkanes of at least 4 members (excludes halogenated alkanes) is 2. The van der Waals surface area contributed by atoms with Gasteiger partial charge >= 0.3 is 0 Å². The van der Waals surface area contributed by atoms with Gasteiger partial charge in [-0.05, 0) is 87.9 Å². The molecule has 6 amide bonds. The van der Waals surface area contributed by atoms with Gasteiger partial charge in [-0.15, -0.1) is 0 Å². The van der Waals surface area contributed by atoms with Gasteiger partial charge in [0.2, 0.25) is 35.4 Å². The highest BCUT2D eigenvalue weighted by atomic mass is 32.2. The van der Waals surface area contributed by atoms with Crippen molar-refractivity contribution in [2.75, 3.05) is 25.1 Å². The number of nitrogens with two attached hydrogens (primary N) is 3. The first kappa shape index (κ1) is 43.3. The molecular formula is C34H58N8O6S. The molecule has 0 saturated carbocycles. The lowest BCUT2D eigenvalue weighted by atomic mass is 10.00. The van der Waals surface area contributed by atoms with Crippen LogP contribution in [-0.4, -0.2) is 90.8 Å². The van der Waals surface area contributed by atoms with Crippen LogP contribution in [0.15, 0.2) is 30.3 Å². The fraction of sp³-hybridized carbons (Fsp3) is 0.647. The first-order chi connectivity index (χ1) is 23.3. The van der Waals surface area contributed by atoms with Crippen molar-refractivity contribution in [3.05, 3.63) is 35.9 Å². The summed E-state index contributed by atoms with van der Waals surface area (Å²) < 4.78 is 0. The fourth-order valence-corrected chi connectivity index (χ4v) is 5.61. The van der Waals surface area contributed by atoms with Crippen LogP contribution in [0.1, 0.15) is 77.7 Å². The van der Waals surface area contributed by atoms with Crippen LogP contribution in [0.3, 0.4) is 0 Å². The van der Waals surface area contributed by atoms with Gasteiger partial charge in [0.1, 0.15) is 30.2 Å². The van der Waals surface area contributed by atoms with Crippen molar-refractivity contribution in [1.29, 1.82) is 0 Å². The van der Waals surface area contributed by atoms with E-state index in [2.05, 4.69) is 26.6 Å². The Morgan fingerprint density at radius 2 is 1.12 bits per heavy atom. The molecule has 0 fully saturated rings. The van der Waals surface area contributed by atoms with Crippen LogP contribution >= 0.6 is 11.8 Å². The molecule has 0 radical (unpaired) electrons. The molecule has 0 spiro atoms. The summed E-state index contributed by atoms with van der Waals surface area (Å²) in [6, 6.07) is 4.16. The van der Waals surface area contributed by atoms with E-state index in [0.29, 0.717) is 57.4 Å². The van der Waals surface area contributed by atoms with E-state index in [0.717, 1.165) is 5.56 Å². The monoisotopic (exact) mass is 706 g/mol. The van der Waals surface area contributed by atoms with E-state index in [9.17, 15) is 28.8 Å². The van der Waals surface area contributed by atoms with Crippen LogP contribution in [0.4, 0.5) is 0 Å². The molecule has 0 saturated heterocycles. The number of amides is 6. The summed E-state index contributed by atoms with van der Waals surface area (Å²) >= 11 is 1.49. The summed E-state index contributed by atoms with van der Waals surface area (Å²) in [6.45, 7) is 6.00. The van der Waals surface area contributed by atoms with Crippen molar-refractivity contribution >= 4 is 47.2 Å². The van der Waals surface area contributed by atoms with Gasteiger partial charge in [0, 0.05) is 13.3 Å². The minimum absolute atomic E-state index is 0.00317. The molecule has 0 unspecified atom stereocenters. The van der Waals surface area contributed by atoms with E-state index in [1.807, 2.05) is 50.4 Å². The lowest BCUT2D eigenvalue weighted by Crippen LogP contribution is -2.59. The number of carbonyl (C=O) groups is 6. The molecule has 1 aromatic carbocycles. The molecule has 0 aliphatic heterocycles. The summed E-state index contributed by atoms with van der Waals surface area (Å²) in [7, 11) is 0. The predicted molar refractivity (Wildman–Crippen MR) is 193 cm³/mol. The average molecular weight is 707 g/mol. The van der Waals surface area contributed by atoms with Crippen LogP contribution in [0.2, 0.25) is 0 Å². The maximum atomic E-state index is 13.9. The molecule has 0 aliphatic rings. The number of hydrogen-bond donors (Lipinski definition) is 8. The molecule has 14 nitrogen and oxygen atoms in total. The van der Waals surface area contributed by atoms with E-state index in [1.54, 1.807) is 0 Å². The molecule has 15 heteroatoms. The second-order valence-electron chi connectivity index (χ2n) is 12.6. The average Bonchev–Trinajstić information content (AvgIpc) is 3.04. The molecule has 1 rings (SSSR count). The highest BCUT2D eigenvalue weighted by Gasteiger charge is 2.32. The van der Waals surface area contributed by atoms with Crippen molar-refractivity contribution in [3.63, 3.8) is 0 Å². The van der Waals surface area contributed by atoms with Gasteiger partial charge in [0.15, 0.2) is 0 Å². The van der Waals surface area contributed by atoms with Crippen LogP contribution in [0.5, 0.6) is 0 Å². The van der Waals surface area contributed by atoms with Gasteiger partial charge in [0.05, 0.1) is 0 Å². The Hall–Kier alpha value is -3.69. The SMILES string of the molecule is CSCC[C@H](NC(=O)[C@H](Cc1ccccc1)NC(=O)[C@H](CC(C)C)NC(=O)[C@H](CCCCN)NC(C)=O)C(=O)N[C@@H](CCCCN)C(N)=O. The zero-order chi connectivity index (χ0) is 36.8. The number of benzene rings is 1. The molecule has 276 valence electrons. The number of hydrogen-bond acceptors (Lipinski definition) is 9. The van der Waals surface area contributed by atoms with E-state index in [-0.39, 0.29) is 31.1 Å². The van der Waals surface area contributed by atoms with Crippen LogP contribution in [0.25, 0.3) is 0 Å². The van der Waals surface area contributed by atoms with Gasteiger partial charge in [0.25, 0.3) is 0 Å². The number of carbonyl (C=O) groups excluding carboxylic acids is 6. The quantitative estimate of drug-likeness (QED) is 0.0648. The Balaban J connectivity index is 3.28. The zero-order valence-corrected chi connectivity index (χ0v) is 30.2. The second-order valence-corrected chi connectivity index (χ2v) is 13.6. The molecule has 11 N–H and O–H groups in total. The van der Waals surface area contributed by atoms with Crippen LogP contribution < -0.4 is 43.8 Å². The molecule has 0 heterocycles. The van der Waals surface area contributed by atoms with Gasteiger partial charge < -0.3 is 43.8 Å². The van der Waals surface area contributed by atoms with Gasteiger partial charge in [-0.2, -0.15) is 11.8 Å². The summed E-state index contributed by atoms with van der Waals surface area (Å²) in [4.78, 5) is 78.3. The Labute approximate surface area is 295 Å². The van der Waals surface area contributed by atoms with Gasteiger partial charge in [-0.1, -0.05) is 44.2 Å².